The summed E-state index contributed by atoms with van der Waals surface area (Å²) in [5.74, 6) is 0. The van der Waals surface area contributed by atoms with Crippen LogP contribution in [0, 0.1) is 0 Å². The lowest BCUT2D eigenvalue weighted by molar-refractivity contribution is 0.0629. The van der Waals surface area contributed by atoms with Gasteiger partial charge >= 0.3 is 0 Å². The monoisotopic (exact) mass is 324 g/mol. The van der Waals surface area contributed by atoms with E-state index < -0.39 is 0 Å². The second-order valence-corrected chi connectivity index (χ2v) is 6.39. The Morgan fingerprint density at radius 2 is 1.65 bits per heavy atom. The van der Waals surface area contributed by atoms with Crippen molar-refractivity contribution in [1.29, 1.82) is 0 Å². The van der Waals surface area contributed by atoms with E-state index in [4.69, 9.17) is 17.0 Å². The van der Waals surface area contributed by atoms with Crippen LogP contribution in [-0.2, 0) is 11.3 Å². The molecule has 4 heteroatoms. The van der Waals surface area contributed by atoms with Gasteiger partial charge in [-0.15, -0.1) is 0 Å². The van der Waals surface area contributed by atoms with Gasteiger partial charge in [0.2, 0.25) is 0 Å². The predicted molar refractivity (Wildman–Crippen MR) is 95.3 cm³/mol. The molecular weight excluding hydrogens is 304 g/mol. The maximum Gasteiger partial charge on any atom is 0.172 e. The lowest BCUT2D eigenvalue weighted by Crippen LogP contribution is -2.47. The highest BCUT2D eigenvalue weighted by atomic mass is 32.1. The normalized spacial score (nSPS) is 20.4. The quantitative estimate of drug-likeness (QED) is 0.748. The van der Waals surface area contributed by atoms with E-state index in [1.54, 1.807) is 0 Å². The van der Waals surface area contributed by atoms with Crippen LogP contribution < -0.4 is 0 Å². The van der Waals surface area contributed by atoms with Crippen molar-refractivity contribution in [2.45, 2.75) is 12.6 Å². The van der Waals surface area contributed by atoms with Gasteiger partial charge in [-0.05, 0) is 28.9 Å². The first kappa shape index (κ1) is 14.7. The highest BCUT2D eigenvalue weighted by Crippen LogP contribution is 2.39. The van der Waals surface area contributed by atoms with Gasteiger partial charge in [0, 0.05) is 19.6 Å². The molecule has 1 unspecified atom stereocenters. The molecule has 1 fully saturated rings. The molecular formula is C19H20N2OS. The molecule has 2 aromatic rings. The van der Waals surface area contributed by atoms with Gasteiger partial charge in [-0.2, -0.15) is 0 Å². The Balaban J connectivity index is 1.70. The molecule has 0 N–H and O–H groups in total. The molecule has 0 amide bonds. The van der Waals surface area contributed by atoms with E-state index in [1.165, 1.54) is 16.7 Å². The number of thiocarbonyl (C=S) groups is 1. The number of fused-ring (bicyclic) bond motifs is 1. The van der Waals surface area contributed by atoms with Crippen LogP contribution >= 0.6 is 12.2 Å². The summed E-state index contributed by atoms with van der Waals surface area (Å²) >= 11 is 5.85. The lowest BCUT2D eigenvalue weighted by Gasteiger charge is -2.37. The minimum atomic E-state index is 0.211. The summed E-state index contributed by atoms with van der Waals surface area (Å²) in [5.41, 5.74) is 4.04. The summed E-state index contributed by atoms with van der Waals surface area (Å²) in [5, 5.41) is 0.943. The van der Waals surface area contributed by atoms with E-state index in [0.29, 0.717) is 0 Å². The SMILES string of the molecule is S=C(N1CCOCC1)N1Cc2ccccc2C1c1ccccc1. The van der Waals surface area contributed by atoms with Gasteiger partial charge in [0.05, 0.1) is 19.3 Å². The molecule has 0 bridgehead atoms. The molecule has 0 aliphatic carbocycles. The van der Waals surface area contributed by atoms with Gasteiger partial charge in [-0.1, -0.05) is 54.6 Å². The van der Waals surface area contributed by atoms with E-state index in [1.807, 2.05) is 0 Å². The Bertz CT molecular complexity index is 698. The Morgan fingerprint density at radius 3 is 2.43 bits per heavy atom. The number of hydrogen-bond acceptors (Lipinski definition) is 2. The molecule has 2 aromatic carbocycles. The van der Waals surface area contributed by atoms with Crippen molar-refractivity contribution in [3.8, 4) is 0 Å². The van der Waals surface area contributed by atoms with Gasteiger partial charge < -0.3 is 14.5 Å². The van der Waals surface area contributed by atoms with E-state index in [2.05, 4.69) is 64.4 Å². The largest absolute Gasteiger partial charge is 0.378 e. The van der Waals surface area contributed by atoms with Crippen molar-refractivity contribution in [1.82, 2.24) is 9.80 Å². The average Bonchev–Trinajstić information content (AvgIpc) is 3.02. The second kappa shape index (κ2) is 6.30. The summed E-state index contributed by atoms with van der Waals surface area (Å²) in [6.07, 6.45) is 0. The van der Waals surface area contributed by atoms with Crippen LogP contribution in [-0.4, -0.2) is 41.2 Å². The third-order valence-corrected chi connectivity index (χ3v) is 5.14. The van der Waals surface area contributed by atoms with Gasteiger partial charge in [0.1, 0.15) is 0 Å². The van der Waals surface area contributed by atoms with Gasteiger partial charge in [0.25, 0.3) is 0 Å². The molecule has 2 aliphatic heterocycles. The minimum Gasteiger partial charge on any atom is -0.378 e. The topological polar surface area (TPSA) is 15.7 Å². The fraction of sp³-hybridized carbons (Fsp3) is 0.316. The van der Waals surface area contributed by atoms with Crippen LogP contribution in [0.5, 0.6) is 0 Å². The third-order valence-electron chi connectivity index (χ3n) is 4.64. The minimum absolute atomic E-state index is 0.211. The Hall–Kier alpha value is -1.91. The molecule has 2 heterocycles. The van der Waals surface area contributed by atoms with Gasteiger partial charge in [0.15, 0.2) is 5.11 Å². The van der Waals surface area contributed by atoms with E-state index in [0.717, 1.165) is 38.0 Å². The standard InChI is InChI=1S/C19H20N2OS/c23-19(20-10-12-22-13-11-20)21-14-16-8-4-5-9-17(16)18(21)15-6-2-1-3-7-15/h1-9,18H,10-14H2. The number of ether oxygens (including phenoxy) is 1. The summed E-state index contributed by atoms with van der Waals surface area (Å²) in [6, 6.07) is 19.6. The highest BCUT2D eigenvalue weighted by molar-refractivity contribution is 7.80. The van der Waals surface area contributed by atoms with Crippen LogP contribution in [0.15, 0.2) is 54.6 Å². The zero-order valence-electron chi connectivity index (χ0n) is 13.0. The van der Waals surface area contributed by atoms with Gasteiger partial charge in [-0.25, -0.2) is 0 Å². The smallest absolute Gasteiger partial charge is 0.172 e. The molecule has 1 saturated heterocycles. The van der Waals surface area contributed by atoms with Crippen molar-refractivity contribution in [3.63, 3.8) is 0 Å². The van der Waals surface area contributed by atoms with Crippen molar-refractivity contribution in [2.75, 3.05) is 26.3 Å². The molecule has 3 nitrogen and oxygen atoms in total. The van der Waals surface area contributed by atoms with Crippen LogP contribution in [0.1, 0.15) is 22.7 Å². The Morgan fingerprint density at radius 1 is 0.957 bits per heavy atom. The van der Waals surface area contributed by atoms with Crippen LogP contribution in [0.2, 0.25) is 0 Å². The molecule has 118 valence electrons. The van der Waals surface area contributed by atoms with Crippen LogP contribution in [0.25, 0.3) is 0 Å². The predicted octanol–water partition coefficient (Wildman–Crippen LogP) is 3.21. The molecule has 0 aromatic heterocycles. The molecule has 2 aliphatic rings. The van der Waals surface area contributed by atoms with E-state index >= 15 is 0 Å². The molecule has 23 heavy (non-hydrogen) atoms. The van der Waals surface area contributed by atoms with Crippen molar-refractivity contribution in [3.05, 3.63) is 71.3 Å². The Labute approximate surface area is 142 Å². The molecule has 0 radical (unpaired) electrons. The maximum absolute atomic E-state index is 5.85. The molecule has 1 atom stereocenters. The fourth-order valence-corrected chi connectivity index (χ4v) is 3.85. The number of hydrogen-bond donors (Lipinski definition) is 0. The van der Waals surface area contributed by atoms with Crippen LogP contribution in [0.4, 0.5) is 0 Å². The van der Waals surface area contributed by atoms with Gasteiger partial charge in [-0.3, -0.25) is 0 Å². The van der Waals surface area contributed by atoms with E-state index in [9.17, 15) is 0 Å². The Kier molecular flexibility index (Phi) is 4.02. The number of morpholine rings is 1. The maximum atomic E-state index is 5.85. The highest BCUT2D eigenvalue weighted by Gasteiger charge is 2.34. The lowest BCUT2D eigenvalue weighted by atomic mass is 9.98. The number of benzene rings is 2. The summed E-state index contributed by atoms with van der Waals surface area (Å²) < 4.78 is 5.47. The first-order valence-electron chi connectivity index (χ1n) is 8.10. The second-order valence-electron chi connectivity index (χ2n) is 6.02. The third kappa shape index (κ3) is 2.73. The average molecular weight is 324 g/mol. The zero-order valence-corrected chi connectivity index (χ0v) is 13.8. The molecule has 4 rings (SSSR count). The van der Waals surface area contributed by atoms with Crippen molar-refractivity contribution in [2.24, 2.45) is 0 Å². The van der Waals surface area contributed by atoms with Crippen LogP contribution in [0.3, 0.4) is 0 Å². The summed E-state index contributed by atoms with van der Waals surface area (Å²) in [7, 11) is 0. The van der Waals surface area contributed by atoms with Crippen molar-refractivity contribution >= 4 is 17.3 Å². The molecule has 0 spiro atoms. The first-order chi connectivity index (χ1) is 11.3. The molecule has 0 saturated carbocycles. The number of nitrogens with zero attached hydrogens (tertiary/aromatic N) is 2. The number of rotatable bonds is 1. The first-order valence-corrected chi connectivity index (χ1v) is 8.51. The summed E-state index contributed by atoms with van der Waals surface area (Å²) in [4.78, 5) is 4.64. The van der Waals surface area contributed by atoms with Crippen molar-refractivity contribution < 1.29 is 4.74 Å². The van der Waals surface area contributed by atoms with E-state index in [-0.39, 0.29) is 6.04 Å². The zero-order chi connectivity index (χ0) is 15.6. The summed E-state index contributed by atoms with van der Waals surface area (Å²) in [6.45, 7) is 4.17. The fourth-order valence-electron chi connectivity index (χ4n) is 3.50.